The highest BCUT2D eigenvalue weighted by Crippen LogP contribution is 2.29. The van der Waals surface area contributed by atoms with E-state index in [9.17, 15) is 13.2 Å². The Morgan fingerprint density at radius 3 is 2.57 bits per heavy atom. The van der Waals surface area contributed by atoms with Crippen LogP contribution in [0.4, 0.5) is 17.5 Å². The fraction of sp³-hybridized carbons (Fsp3) is 0.520. The number of amides is 1. The molecule has 1 fully saturated rings. The first-order valence-corrected chi connectivity index (χ1v) is 14.3. The van der Waals surface area contributed by atoms with Gasteiger partial charge in [0.1, 0.15) is 0 Å². The Bertz CT molecular complexity index is 1340. The second kappa shape index (κ2) is 11.4. The molecule has 5 N–H and O–H groups in total. The van der Waals surface area contributed by atoms with Crippen LogP contribution in [0.3, 0.4) is 0 Å². The number of carbonyl (C=O) groups excluding carboxylic acids is 1. The highest BCUT2D eigenvalue weighted by Gasteiger charge is 2.30. The Morgan fingerprint density at radius 1 is 1.16 bits per heavy atom. The van der Waals surface area contributed by atoms with E-state index in [0.717, 1.165) is 32.1 Å². The standard InChI is InChI=1S/C25H36N8O3S/c1-4-33-15-27-21-23(29-17-9-11-18(12-10-17)37(35,36)28-14-13-16(2)3)31-25(32-24(21)33)30-20-8-6-5-7-19(20)22(26)34/h9-12,15-16,19-20,28H,4-8,13-14H2,1-3H3,(H2,26,34)(H2,29,30,31,32)/t19-,20+/m1/s1. The summed E-state index contributed by atoms with van der Waals surface area (Å²) in [5.74, 6) is 0.691. The Hall–Kier alpha value is -3.25. The number of hydrogen-bond donors (Lipinski definition) is 4. The Morgan fingerprint density at radius 2 is 1.89 bits per heavy atom. The van der Waals surface area contributed by atoms with E-state index < -0.39 is 10.0 Å². The summed E-state index contributed by atoms with van der Waals surface area (Å²) in [7, 11) is -3.58. The Kier molecular flexibility index (Phi) is 8.28. The summed E-state index contributed by atoms with van der Waals surface area (Å²) in [5.41, 5.74) is 7.56. The van der Waals surface area contributed by atoms with Crippen LogP contribution in [0.5, 0.6) is 0 Å². The van der Waals surface area contributed by atoms with Crippen molar-refractivity contribution in [3.05, 3.63) is 30.6 Å². The van der Waals surface area contributed by atoms with Crippen LogP contribution < -0.4 is 21.1 Å². The minimum atomic E-state index is -3.58. The number of fused-ring (bicyclic) bond motifs is 1. The van der Waals surface area contributed by atoms with Crippen LogP contribution >= 0.6 is 0 Å². The second-order valence-electron chi connectivity index (χ2n) is 9.87. The fourth-order valence-electron chi connectivity index (χ4n) is 4.56. The number of aryl methyl sites for hydroxylation is 1. The van der Waals surface area contributed by atoms with E-state index in [0.29, 0.717) is 47.6 Å². The van der Waals surface area contributed by atoms with Gasteiger partial charge in [0.15, 0.2) is 17.0 Å². The molecular formula is C25H36N8O3S. The van der Waals surface area contributed by atoms with Gasteiger partial charge in [0.05, 0.1) is 17.1 Å². The van der Waals surface area contributed by atoms with Gasteiger partial charge in [0.2, 0.25) is 21.9 Å². The van der Waals surface area contributed by atoms with Gasteiger partial charge in [-0.2, -0.15) is 9.97 Å². The van der Waals surface area contributed by atoms with E-state index in [1.807, 2.05) is 11.5 Å². The lowest BCUT2D eigenvalue weighted by molar-refractivity contribution is -0.122. The first kappa shape index (κ1) is 26.8. The van der Waals surface area contributed by atoms with Crippen molar-refractivity contribution in [1.82, 2.24) is 24.2 Å². The van der Waals surface area contributed by atoms with Crippen molar-refractivity contribution in [2.75, 3.05) is 17.2 Å². The summed E-state index contributed by atoms with van der Waals surface area (Å²) < 4.78 is 29.8. The number of hydrogen-bond acceptors (Lipinski definition) is 8. The number of anilines is 3. The lowest BCUT2D eigenvalue weighted by atomic mass is 9.84. The first-order chi connectivity index (χ1) is 17.7. The maximum Gasteiger partial charge on any atom is 0.240 e. The van der Waals surface area contributed by atoms with Gasteiger partial charge in [0, 0.05) is 24.8 Å². The molecule has 1 saturated carbocycles. The molecule has 1 aliphatic carbocycles. The van der Waals surface area contributed by atoms with Gasteiger partial charge in [-0.05, 0) is 56.4 Å². The van der Waals surface area contributed by atoms with Crippen LogP contribution in [-0.4, -0.2) is 46.4 Å². The molecule has 0 radical (unpaired) electrons. The zero-order chi connectivity index (χ0) is 26.6. The monoisotopic (exact) mass is 528 g/mol. The van der Waals surface area contributed by atoms with Gasteiger partial charge < -0.3 is 20.9 Å². The Balaban J connectivity index is 1.58. The molecular weight excluding hydrogens is 492 g/mol. The number of nitrogens with two attached hydrogens (primary N) is 1. The minimum Gasteiger partial charge on any atom is -0.369 e. The number of nitrogens with zero attached hydrogens (tertiary/aromatic N) is 4. The molecule has 4 rings (SSSR count). The van der Waals surface area contributed by atoms with Crippen LogP contribution in [0.25, 0.3) is 11.2 Å². The molecule has 1 amide bonds. The number of carbonyl (C=O) groups is 1. The number of nitrogens with one attached hydrogen (secondary N) is 3. The minimum absolute atomic E-state index is 0.137. The number of aromatic nitrogens is 4. The molecule has 2 atom stereocenters. The molecule has 200 valence electrons. The van der Waals surface area contributed by atoms with E-state index in [-0.39, 0.29) is 22.8 Å². The van der Waals surface area contributed by atoms with Crippen LogP contribution in [0, 0.1) is 11.8 Å². The van der Waals surface area contributed by atoms with E-state index in [1.165, 1.54) is 0 Å². The zero-order valence-corrected chi connectivity index (χ0v) is 22.4. The molecule has 1 aromatic carbocycles. The molecule has 0 aliphatic heterocycles. The molecule has 37 heavy (non-hydrogen) atoms. The third-order valence-corrected chi connectivity index (χ3v) is 8.17. The normalized spacial score (nSPS) is 18.3. The van der Waals surface area contributed by atoms with Gasteiger partial charge in [0.25, 0.3) is 0 Å². The van der Waals surface area contributed by atoms with Crippen molar-refractivity contribution < 1.29 is 13.2 Å². The summed E-state index contributed by atoms with van der Waals surface area (Å²) in [6, 6.07) is 6.36. The fourth-order valence-corrected chi connectivity index (χ4v) is 5.60. The zero-order valence-electron chi connectivity index (χ0n) is 21.6. The topological polar surface area (TPSA) is 157 Å². The predicted molar refractivity (Wildman–Crippen MR) is 144 cm³/mol. The smallest absolute Gasteiger partial charge is 0.240 e. The highest BCUT2D eigenvalue weighted by atomic mass is 32.2. The average Bonchev–Trinajstić information content (AvgIpc) is 3.27. The Labute approximate surface area is 217 Å². The van der Waals surface area contributed by atoms with E-state index in [1.54, 1.807) is 30.6 Å². The van der Waals surface area contributed by atoms with E-state index >= 15 is 0 Å². The second-order valence-corrected chi connectivity index (χ2v) is 11.6. The molecule has 1 aliphatic rings. The lowest BCUT2D eigenvalue weighted by Gasteiger charge is -2.30. The summed E-state index contributed by atoms with van der Waals surface area (Å²) >= 11 is 0. The van der Waals surface area contributed by atoms with Gasteiger partial charge in [-0.25, -0.2) is 18.1 Å². The summed E-state index contributed by atoms with van der Waals surface area (Å²) in [4.78, 5) is 26.0. The van der Waals surface area contributed by atoms with Crippen LogP contribution in [-0.2, 0) is 21.4 Å². The number of primary amides is 1. The maximum atomic E-state index is 12.6. The summed E-state index contributed by atoms with van der Waals surface area (Å²) in [6.45, 7) is 7.17. The van der Waals surface area contributed by atoms with Crippen molar-refractivity contribution in [2.24, 2.45) is 17.6 Å². The third kappa shape index (κ3) is 6.37. The van der Waals surface area contributed by atoms with E-state index in [4.69, 9.17) is 5.73 Å². The van der Waals surface area contributed by atoms with Gasteiger partial charge in [-0.1, -0.05) is 26.7 Å². The molecule has 0 bridgehead atoms. The largest absolute Gasteiger partial charge is 0.369 e. The van der Waals surface area contributed by atoms with Crippen molar-refractivity contribution in [1.29, 1.82) is 0 Å². The van der Waals surface area contributed by atoms with Crippen molar-refractivity contribution >= 4 is 44.5 Å². The van der Waals surface area contributed by atoms with Crippen LogP contribution in [0.1, 0.15) is 52.9 Å². The van der Waals surface area contributed by atoms with Gasteiger partial charge >= 0.3 is 0 Å². The first-order valence-electron chi connectivity index (χ1n) is 12.8. The number of sulfonamides is 1. The maximum absolute atomic E-state index is 12.6. The molecule has 2 aromatic heterocycles. The number of benzene rings is 1. The van der Waals surface area contributed by atoms with Crippen LogP contribution in [0.15, 0.2) is 35.5 Å². The third-order valence-electron chi connectivity index (χ3n) is 6.69. The average molecular weight is 529 g/mol. The summed E-state index contributed by atoms with van der Waals surface area (Å²) in [5, 5.41) is 6.60. The molecule has 0 spiro atoms. The lowest BCUT2D eigenvalue weighted by Crippen LogP contribution is -2.40. The number of rotatable bonds is 11. The van der Waals surface area contributed by atoms with Crippen molar-refractivity contribution in [3.63, 3.8) is 0 Å². The van der Waals surface area contributed by atoms with Crippen molar-refractivity contribution in [3.8, 4) is 0 Å². The number of imidazole rings is 1. The van der Waals surface area contributed by atoms with Crippen LogP contribution in [0.2, 0.25) is 0 Å². The molecule has 12 heteroatoms. The SMILES string of the molecule is CCn1cnc2c(Nc3ccc(S(=O)(=O)NCCC(C)C)cc3)nc(N[C@H]3CCCC[C@H]3C(N)=O)nc21. The quantitative estimate of drug-likeness (QED) is 0.295. The molecule has 0 saturated heterocycles. The van der Waals surface area contributed by atoms with Gasteiger partial charge in [-0.3, -0.25) is 4.79 Å². The van der Waals surface area contributed by atoms with E-state index in [2.05, 4.69) is 44.2 Å². The predicted octanol–water partition coefficient (Wildman–Crippen LogP) is 3.37. The summed E-state index contributed by atoms with van der Waals surface area (Å²) in [6.07, 6.45) is 6.01. The molecule has 3 aromatic rings. The highest BCUT2D eigenvalue weighted by molar-refractivity contribution is 7.89. The molecule has 11 nitrogen and oxygen atoms in total. The molecule has 0 unspecified atom stereocenters. The molecule has 2 heterocycles. The van der Waals surface area contributed by atoms with Crippen molar-refractivity contribution in [2.45, 2.75) is 70.4 Å². The van der Waals surface area contributed by atoms with Gasteiger partial charge in [-0.15, -0.1) is 0 Å².